The van der Waals surface area contributed by atoms with Crippen LogP contribution < -0.4 is 15.8 Å². The smallest absolute Gasteiger partial charge is 0.243 e. The number of halogens is 1. The average molecular weight is 371 g/mol. The Balaban J connectivity index is 0.00000288. The molecule has 1 aromatic heterocycles. The zero-order valence-corrected chi connectivity index (χ0v) is 15.6. The lowest BCUT2D eigenvalue weighted by atomic mass is 10.0. The fourth-order valence-corrected chi connectivity index (χ4v) is 2.92. The number of benzene rings is 1. The molecule has 6 nitrogen and oxygen atoms in total. The molecule has 0 bridgehead atoms. The quantitative estimate of drug-likeness (QED) is 0.782. The van der Waals surface area contributed by atoms with Crippen LogP contribution in [0.4, 0.5) is 5.13 Å². The van der Waals surface area contributed by atoms with Gasteiger partial charge in [0, 0.05) is 6.42 Å². The number of methoxy groups -OCH3 is 1. The lowest BCUT2D eigenvalue weighted by molar-refractivity contribution is -0.117. The largest absolute Gasteiger partial charge is 0.497 e. The molecule has 3 N–H and O–H groups in total. The van der Waals surface area contributed by atoms with Crippen LogP contribution in [0.5, 0.6) is 5.75 Å². The Labute approximate surface area is 152 Å². The molecule has 0 unspecified atom stereocenters. The lowest BCUT2D eigenvalue weighted by Gasteiger charge is -2.12. The number of ether oxygens (including phenoxy) is 1. The number of carbonyl (C=O) groups excluding carboxylic acids is 1. The molecule has 0 aliphatic heterocycles. The lowest BCUT2D eigenvalue weighted by Crippen LogP contribution is -2.36. The maximum atomic E-state index is 12.0. The molecule has 1 aromatic carbocycles. The molecule has 2 aromatic rings. The molecule has 24 heavy (non-hydrogen) atoms. The summed E-state index contributed by atoms with van der Waals surface area (Å²) >= 11 is 1.36. The molecular weight excluding hydrogens is 348 g/mol. The van der Waals surface area contributed by atoms with Crippen molar-refractivity contribution in [3.05, 3.63) is 34.8 Å². The number of aromatic nitrogens is 2. The van der Waals surface area contributed by atoms with Gasteiger partial charge in [-0.05, 0) is 30.0 Å². The number of anilines is 1. The van der Waals surface area contributed by atoms with Crippen molar-refractivity contribution in [3.8, 4) is 5.75 Å². The Morgan fingerprint density at radius 3 is 2.79 bits per heavy atom. The summed E-state index contributed by atoms with van der Waals surface area (Å²) in [5.41, 5.74) is 6.94. The van der Waals surface area contributed by atoms with E-state index in [0.717, 1.165) is 16.3 Å². The Morgan fingerprint density at radius 2 is 2.12 bits per heavy atom. The van der Waals surface area contributed by atoms with Gasteiger partial charge >= 0.3 is 0 Å². The second-order valence-corrected chi connectivity index (χ2v) is 6.82. The molecule has 1 atom stereocenters. The molecule has 0 saturated carbocycles. The van der Waals surface area contributed by atoms with Gasteiger partial charge in [-0.3, -0.25) is 10.1 Å². The topological polar surface area (TPSA) is 90.1 Å². The highest BCUT2D eigenvalue weighted by molar-refractivity contribution is 7.15. The molecule has 1 amide bonds. The number of nitrogens with two attached hydrogens (primary N) is 1. The van der Waals surface area contributed by atoms with E-state index in [4.69, 9.17) is 10.5 Å². The van der Waals surface area contributed by atoms with Crippen LogP contribution >= 0.6 is 23.7 Å². The van der Waals surface area contributed by atoms with Gasteiger partial charge in [-0.25, -0.2) is 0 Å². The van der Waals surface area contributed by atoms with Crippen molar-refractivity contribution in [2.75, 3.05) is 12.4 Å². The molecular formula is C16H23ClN4O2S. The van der Waals surface area contributed by atoms with Gasteiger partial charge in [-0.2, -0.15) is 0 Å². The van der Waals surface area contributed by atoms with Crippen molar-refractivity contribution in [3.63, 3.8) is 0 Å². The van der Waals surface area contributed by atoms with Crippen molar-refractivity contribution in [1.29, 1.82) is 0 Å². The van der Waals surface area contributed by atoms with E-state index in [9.17, 15) is 4.79 Å². The predicted octanol–water partition coefficient (Wildman–Crippen LogP) is 2.87. The molecule has 2 rings (SSSR count). The van der Waals surface area contributed by atoms with E-state index in [1.165, 1.54) is 11.3 Å². The summed E-state index contributed by atoms with van der Waals surface area (Å²) in [6, 6.07) is 7.26. The molecule has 0 aliphatic rings. The molecule has 0 saturated heterocycles. The highest BCUT2D eigenvalue weighted by Gasteiger charge is 2.17. The first-order chi connectivity index (χ1) is 11.0. The van der Waals surface area contributed by atoms with E-state index < -0.39 is 6.04 Å². The summed E-state index contributed by atoms with van der Waals surface area (Å²) in [5.74, 6) is 0.955. The Bertz CT molecular complexity index is 663. The van der Waals surface area contributed by atoms with Gasteiger partial charge in [0.25, 0.3) is 0 Å². The maximum Gasteiger partial charge on any atom is 0.243 e. The van der Waals surface area contributed by atoms with E-state index in [2.05, 4.69) is 15.5 Å². The van der Waals surface area contributed by atoms with Crippen LogP contribution in [0.15, 0.2) is 24.3 Å². The van der Waals surface area contributed by atoms with Crippen molar-refractivity contribution < 1.29 is 9.53 Å². The third-order valence-electron chi connectivity index (χ3n) is 3.25. The summed E-state index contributed by atoms with van der Waals surface area (Å²) in [6.45, 7) is 4.06. The number of nitrogens with one attached hydrogen (secondary N) is 1. The predicted molar refractivity (Wildman–Crippen MR) is 99.0 cm³/mol. The van der Waals surface area contributed by atoms with E-state index in [0.29, 0.717) is 23.9 Å². The normalized spacial score (nSPS) is 11.7. The average Bonchev–Trinajstić information content (AvgIpc) is 2.93. The zero-order chi connectivity index (χ0) is 16.8. The first kappa shape index (κ1) is 20.3. The summed E-state index contributed by atoms with van der Waals surface area (Å²) in [4.78, 5) is 12.0. The standard InChI is InChI=1S/C16H22N4O2S.ClH/c1-10(2)7-13(17)15(21)18-16-20-19-14(23-16)9-11-5-4-6-12(8-11)22-3;/h4-6,8,10,13H,7,9,17H2,1-3H3,(H,18,20,21);1H/t13-;/m0./s1. The van der Waals surface area contributed by atoms with E-state index >= 15 is 0 Å². The summed E-state index contributed by atoms with van der Waals surface area (Å²) in [7, 11) is 1.64. The zero-order valence-electron chi connectivity index (χ0n) is 14.0. The van der Waals surface area contributed by atoms with Crippen molar-refractivity contribution in [1.82, 2.24) is 10.2 Å². The molecule has 0 radical (unpaired) electrons. The van der Waals surface area contributed by atoms with Gasteiger partial charge < -0.3 is 10.5 Å². The van der Waals surface area contributed by atoms with Gasteiger partial charge in [0.05, 0.1) is 13.2 Å². The maximum absolute atomic E-state index is 12.0. The van der Waals surface area contributed by atoms with Crippen LogP contribution in [0.25, 0.3) is 0 Å². The number of nitrogens with zero attached hydrogens (tertiary/aromatic N) is 2. The SMILES string of the molecule is COc1cccc(Cc2nnc(NC(=O)[C@@H](N)CC(C)C)s2)c1.Cl. The van der Waals surface area contributed by atoms with Crippen LogP contribution in [-0.4, -0.2) is 29.3 Å². The third kappa shape index (κ3) is 6.07. The second kappa shape index (κ2) is 9.56. The second-order valence-electron chi connectivity index (χ2n) is 5.75. The summed E-state index contributed by atoms with van der Waals surface area (Å²) in [5, 5.41) is 12.2. The van der Waals surface area contributed by atoms with Crippen LogP contribution in [0.2, 0.25) is 0 Å². The third-order valence-corrected chi connectivity index (χ3v) is 4.09. The van der Waals surface area contributed by atoms with Gasteiger partial charge in [0.1, 0.15) is 10.8 Å². The van der Waals surface area contributed by atoms with Gasteiger partial charge in [-0.1, -0.05) is 37.3 Å². The molecule has 132 valence electrons. The van der Waals surface area contributed by atoms with Crippen LogP contribution in [0.1, 0.15) is 30.8 Å². The number of rotatable bonds is 7. The van der Waals surface area contributed by atoms with Crippen molar-refractivity contribution in [2.24, 2.45) is 11.7 Å². The monoisotopic (exact) mass is 370 g/mol. The molecule has 0 aliphatic carbocycles. The summed E-state index contributed by atoms with van der Waals surface area (Å²) in [6.07, 6.45) is 1.28. The minimum absolute atomic E-state index is 0. The van der Waals surface area contributed by atoms with E-state index in [1.54, 1.807) is 7.11 Å². The minimum Gasteiger partial charge on any atom is -0.497 e. The number of hydrogen-bond donors (Lipinski definition) is 2. The molecule has 1 heterocycles. The number of hydrogen-bond acceptors (Lipinski definition) is 6. The molecule has 0 fully saturated rings. The first-order valence-corrected chi connectivity index (χ1v) is 8.31. The Hall–Kier alpha value is -1.70. The van der Waals surface area contributed by atoms with Crippen LogP contribution in [-0.2, 0) is 11.2 Å². The molecule has 8 heteroatoms. The number of amides is 1. The van der Waals surface area contributed by atoms with Gasteiger partial charge in [-0.15, -0.1) is 22.6 Å². The fourth-order valence-electron chi connectivity index (χ4n) is 2.15. The Kier molecular flexibility index (Phi) is 8.10. The van der Waals surface area contributed by atoms with Crippen LogP contribution in [0, 0.1) is 5.92 Å². The highest BCUT2D eigenvalue weighted by Crippen LogP contribution is 2.21. The number of carbonyl (C=O) groups is 1. The highest BCUT2D eigenvalue weighted by atomic mass is 35.5. The van der Waals surface area contributed by atoms with E-state index in [-0.39, 0.29) is 18.3 Å². The Morgan fingerprint density at radius 1 is 1.38 bits per heavy atom. The van der Waals surface area contributed by atoms with Gasteiger partial charge in [0.2, 0.25) is 11.0 Å². The van der Waals surface area contributed by atoms with Crippen molar-refractivity contribution in [2.45, 2.75) is 32.7 Å². The summed E-state index contributed by atoms with van der Waals surface area (Å²) < 4.78 is 5.20. The van der Waals surface area contributed by atoms with E-state index in [1.807, 2.05) is 38.1 Å². The van der Waals surface area contributed by atoms with Crippen LogP contribution in [0.3, 0.4) is 0 Å². The fraction of sp³-hybridized carbons (Fsp3) is 0.438. The molecule has 0 spiro atoms. The minimum atomic E-state index is -0.527. The van der Waals surface area contributed by atoms with Crippen molar-refractivity contribution >= 4 is 34.8 Å². The first-order valence-electron chi connectivity index (χ1n) is 7.49. The van der Waals surface area contributed by atoms with Gasteiger partial charge in [0.15, 0.2) is 0 Å².